The molecule has 0 heterocycles. The van der Waals surface area contributed by atoms with Crippen LogP contribution in [0.1, 0.15) is 79.6 Å². The third-order valence-corrected chi connectivity index (χ3v) is 5.61. The van der Waals surface area contributed by atoms with Crippen molar-refractivity contribution in [1.29, 1.82) is 0 Å². The third kappa shape index (κ3) is 28.0. The highest BCUT2D eigenvalue weighted by atomic mass is 16.6. The Bertz CT molecular complexity index is 820. The molecule has 1 atom stereocenters. The van der Waals surface area contributed by atoms with Gasteiger partial charge in [0, 0.05) is 71.7 Å². The molecule has 0 saturated carbocycles. The van der Waals surface area contributed by atoms with Crippen molar-refractivity contribution in [3.05, 3.63) is 0 Å². The van der Waals surface area contributed by atoms with Crippen molar-refractivity contribution >= 4 is 29.6 Å². The van der Waals surface area contributed by atoms with Crippen molar-refractivity contribution in [2.45, 2.75) is 91.2 Å². The first-order valence-electron chi connectivity index (χ1n) is 15.6. The predicted octanol–water partition coefficient (Wildman–Crippen LogP) is 0.998. The van der Waals surface area contributed by atoms with Crippen molar-refractivity contribution in [3.8, 4) is 0 Å². The second-order valence-corrected chi connectivity index (χ2v) is 11.0. The highest BCUT2D eigenvalue weighted by Crippen LogP contribution is 2.08. The molecule has 0 aromatic rings. The van der Waals surface area contributed by atoms with E-state index in [0.29, 0.717) is 85.3 Å². The van der Waals surface area contributed by atoms with E-state index in [4.69, 9.17) is 23.7 Å². The fourth-order valence-electron chi connectivity index (χ4n) is 3.37. The molecule has 0 spiro atoms. The molecule has 0 aromatic heterocycles. The van der Waals surface area contributed by atoms with Crippen molar-refractivity contribution in [1.82, 2.24) is 21.3 Å². The Hall–Kier alpha value is -2.81. The Morgan fingerprint density at radius 2 is 0.932 bits per heavy atom. The zero-order valence-electron chi connectivity index (χ0n) is 27.4. The maximum absolute atomic E-state index is 12.0. The zero-order valence-corrected chi connectivity index (χ0v) is 27.4. The number of ether oxygens (including phenoxy) is 5. The Morgan fingerprint density at radius 3 is 1.32 bits per heavy atom. The highest BCUT2D eigenvalue weighted by Gasteiger charge is 2.23. The molecule has 14 nitrogen and oxygen atoms in total. The van der Waals surface area contributed by atoms with E-state index in [2.05, 4.69) is 21.3 Å². The fourth-order valence-corrected chi connectivity index (χ4v) is 3.37. The second kappa shape index (κ2) is 26.6. The van der Waals surface area contributed by atoms with E-state index >= 15 is 0 Å². The molecule has 0 aliphatic rings. The number of esters is 1. The average Bonchev–Trinajstić information content (AvgIpc) is 2.95. The van der Waals surface area contributed by atoms with Crippen LogP contribution in [-0.4, -0.2) is 114 Å². The molecular formula is C30H56N4O10. The van der Waals surface area contributed by atoms with Gasteiger partial charge in [-0.25, -0.2) is 4.79 Å². The summed E-state index contributed by atoms with van der Waals surface area (Å²) in [7, 11) is 0. The lowest BCUT2D eigenvalue weighted by Gasteiger charge is -2.22. The van der Waals surface area contributed by atoms with Gasteiger partial charge in [0.25, 0.3) is 0 Å². The lowest BCUT2D eigenvalue weighted by Crippen LogP contribution is -2.42. The molecule has 0 aromatic carbocycles. The number of carbonyl (C=O) groups is 5. The lowest BCUT2D eigenvalue weighted by atomic mass is 10.2. The molecule has 0 bridgehead atoms. The van der Waals surface area contributed by atoms with Crippen LogP contribution in [0.4, 0.5) is 0 Å². The summed E-state index contributed by atoms with van der Waals surface area (Å²) in [4.78, 5) is 59.3. The first-order chi connectivity index (χ1) is 20.9. The quantitative estimate of drug-likeness (QED) is 0.0754. The van der Waals surface area contributed by atoms with Gasteiger partial charge in [-0.1, -0.05) is 0 Å². The largest absolute Gasteiger partial charge is 0.458 e. The minimum Gasteiger partial charge on any atom is -0.458 e. The minimum absolute atomic E-state index is 0.0226. The normalized spacial score (nSPS) is 11.8. The number of rotatable bonds is 27. The van der Waals surface area contributed by atoms with Crippen molar-refractivity contribution in [2.24, 2.45) is 0 Å². The van der Waals surface area contributed by atoms with Gasteiger partial charge < -0.3 is 45.0 Å². The SMILES string of the molecule is CCOCCCNC(=O)CCC(=O)NCCCOCCOCCOCCCNC(=O)CCC(=O)N[C@@H](C)C(=O)OC(C)(C)C. The summed E-state index contributed by atoms with van der Waals surface area (Å²) in [5, 5.41) is 10.8. The molecule has 4 N–H and O–H groups in total. The second-order valence-electron chi connectivity index (χ2n) is 11.0. The van der Waals surface area contributed by atoms with E-state index in [1.54, 1.807) is 27.7 Å². The summed E-state index contributed by atoms with van der Waals surface area (Å²) in [6, 6.07) is -0.787. The van der Waals surface area contributed by atoms with E-state index < -0.39 is 23.5 Å². The van der Waals surface area contributed by atoms with Gasteiger partial charge in [0.15, 0.2) is 0 Å². The molecule has 44 heavy (non-hydrogen) atoms. The molecule has 0 radical (unpaired) electrons. The van der Waals surface area contributed by atoms with Gasteiger partial charge in [0.1, 0.15) is 11.6 Å². The van der Waals surface area contributed by atoms with Crippen molar-refractivity contribution in [2.75, 3.05) is 72.5 Å². The number of carbonyl (C=O) groups excluding carboxylic acids is 5. The molecule has 0 saturated heterocycles. The van der Waals surface area contributed by atoms with E-state index in [-0.39, 0.29) is 43.4 Å². The van der Waals surface area contributed by atoms with Gasteiger partial charge >= 0.3 is 5.97 Å². The Labute approximate surface area is 262 Å². The smallest absolute Gasteiger partial charge is 0.328 e. The molecule has 4 amide bonds. The Kier molecular flexibility index (Phi) is 24.9. The molecule has 256 valence electrons. The highest BCUT2D eigenvalue weighted by molar-refractivity contribution is 5.87. The summed E-state index contributed by atoms with van der Waals surface area (Å²) < 4.78 is 26.8. The van der Waals surface area contributed by atoms with Crippen LogP contribution in [0.3, 0.4) is 0 Å². The summed E-state index contributed by atoms with van der Waals surface area (Å²) in [6.07, 6.45) is 2.35. The monoisotopic (exact) mass is 632 g/mol. The van der Waals surface area contributed by atoms with Gasteiger partial charge in [-0.05, 0) is 53.9 Å². The van der Waals surface area contributed by atoms with E-state index in [9.17, 15) is 24.0 Å². The first kappa shape index (κ1) is 41.2. The topological polar surface area (TPSA) is 180 Å². The average molecular weight is 633 g/mol. The predicted molar refractivity (Wildman–Crippen MR) is 164 cm³/mol. The van der Waals surface area contributed by atoms with Crippen LogP contribution in [0.5, 0.6) is 0 Å². The minimum atomic E-state index is -0.787. The zero-order chi connectivity index (χ0) is 33.1. The van der Waals surface area contributed by atoms with Gasteiger partial charge in [-0.15, -0.1) is 0 Å². The summed E-state index contributed by atoms with van der Waals surface area (Å²) in [5.41, 5.74) is -0.639. The van der Waals surface area contributed by atoms with Crippen molar-refractivity contribution < 1.29 is 47.7 Å². The van der Waals surface area contributed by atoms with Crippen LogP contribution in [-0.2, 0) is 47.7 Å². The van der Waals surface area contributed by atoms with Crippen LogP contribution >= 0.6 is 0 Å². The third-order valence-electron chi connectivity index (χ3n) is 5.61. The Morgan fingerprint density at radius 1 is 0.568 bits per heavy atom. The maximum atomic E-state index is 12.0. The van der Waals surface area contributed by atoms with Gasteiger partial charge in [-0.3, -0.25) is 19.2 Å². The van der Waals surface area contributed by atoms with Crippen LogP contribution in [0.25, 0.3) is 0 Å². The molecule has 0 rings (SSSR count). The van der Waals surface area contributed by atoms with Crippen LogP contribution < -0.4 is 21.3 Å². The van der Waals surface area contributed by atoms with E-state index in [1.807, 2.05) is 6.92 Å². The standard InChI is InChI=1S/C30H56N4O10/c1-6-40-17-7-14-31-25(35)10-11-26(36)32-15-8-18-41-20-22-43-23-21-42-19-9-16-33-27(37)12-13-28(38)34-24(2)29(39)44-30(3,4)5/h24H,6-23H2,1-5H3,(H,31,35)(H,32,36)(H,33,37)(H,34,38)/t24-/m0/s1. The van der Waals surface area contributed by atoms with Crippen LogP contribution in [0, 0.1) is 0 Å². The first-order valence-corrected chi connectivity index (χ1v) is 15.6. The van der Waals surface area contributed by atoms with E-state index in [1.165, 1.54) is 0 Å². The fraction of sp³-hybridized carbons (Fsp3) is 0.833. The van der Waals surface area contributed by atoms with E-state index in [0.717, 1.165) is 6.42 Å². The van der Waals surface area contributed by atoms with Crippen LogP contribution in [0.2, 0.25) is 0 Å². The molecule has 0 fully saturated rings. The molecular weight excluding hydrogens is 576 g/mol. The lowest BCUT2D eigenvalue weighted by molar-refractivity contribution is -0.158. The number of amides is 4. The number of hydrogen-bond acceptors (Lipinski definition) is 10. The molecule has 0 aliphatic carbocycles. The van der Waals surface area contributed by atoms with Gasteiger partial charge in [-0.2, -0.15) is 0 Å². The summed E-state index contributed by atoms with van der Waals surface area (Å²) in [6.45, 7) is 14.1. The maximum Gasteiger partial charge on any atom is 0.328 e. The van der Waals surface area contributed by atoms with Gasteiger partial charge in [0.2, 0.25) is 23.6 Å². The summed E-state index contributed by atoms with van der Waals surface area (Å²) >= 11 is 0. The Balaban J connectivity index is 3.49. The molecule has 14 heteroatoms. The number of hydrogen-bond donors (Lipinski definition) is 4. The molecule has 0 unspecified atom stereocenters. The van der Waals surface area contributed by atoms with Crippen LogP contribution in [0.15, 0.2) is 0 Å². The van der Waals surface area contributed by atoms with Crippen molar-refractivity contribution in [3.63, 3.8) is 0 Å². The summed E-state index contributed by atoms with van der Waals surface area (Å²) in [5.74, 6) is -1.47. The number of nitrogens with one attached hydrogen (secondary N) is 4. The molecule has 0 aliphatic heterocycles. The van der Waals surface area contributed by atoms with Gasteiger partial charge in [0.05, 0.1) is 26.4 Å².